The van der Waals surface area contributed by atoms with E-state index in [-0.39, 0.29) is 0 Å². The van der Waals surface area contributed by atoms with Crippen LogP contribution in [0.5, 0.6) is 0 Å². The molecule has 0 aliphatic carbocycles. The maximum atomic E-state index is 4.68. The second kappa shape index (κ2) is 7.55. The predicted octanol–water partition coefficient (Wildman–Crippen LogP) is 5.04. The molecule has 132 valence electrons. The first-order valence-electron chi connectivity index (χ1n) is 8.35. The third-order valence-electron chi connectivity index (χ3n) is 4.05. The summed E-state index contributed by atoms with van der Waals surface area (Å²) in [6, 6.07) is 19.6. The molecular formula is C21H16BrN5. The number of anilines is 1. The minimum absolute atomic E-state index is 0.611. The largest absolute Gasteiger partial charge is 0.300 e. The van der Waals surface area contributed by atoms with E-state index in [1.807, 2.05) is 60.7 Å². The van der Waals surface area contributed by atoms with E-state index in [4.69, 9.17) is 0 Å². The number of hydrazine groups is 1. The minimum atomic E-state index is 0.611. The van der Waals surface area contributed by atoms with Gasteiger partial charge in [-0.3, -0.25) is 15.8 Å². The summed E-state index contributed by atoms with van der Waals surface area (Å²) in [6.45, 7) is 4.09. The third-order valence-corrected chi connectivity index (χ3v) is 4.58. The van der Waals surface area contributed by atoms with E-state index < -0.39 is 0 Å². The summed E-state index contributed by atoms with van der Waals surface area (Å²) in [6.07, 6.45) is 3.48. The average molecular weight is 418 g/mol. The molecule has 4 rings (SSSR count). The Bertz CT molecular complexity index is 1090. The fourth-order valence-electron chi connectivity index (χ4n) is 2.65. The lowest BCUT2D eigenvalue weighted by molar-refractivity contribution is 1.05. The van der Waals surface area contributed by atoms with Crippen LogP contribution >= 0.6 is 15.9 Å². The molecule has 27 heavy (non-hydrogen) atoms. The minimum Gasteiger partial charge on any atom is -0.300 e. The maximum absolute atomic E-state index is 4.68. The van der Waals surface area contributed by atoms with E-state index >= 15 is 0 Å². The topological polar surface area (TPSA) is 62.7 Å². The molecule has 0 aliphatic heterocycles. The summed E-state index contributed by atoms with van der Waals surface area (Å²) < 4.78 is 1.02. The van der Waals surface area contributed by atoms with Crippen molar-refractivity contribution in [2.24, 2.45) is 0 Å². The number of rotatable bonds is 5. The van der Waals surface area contributed by atoms with Gasteiger partial charge in [-0.2, -0.15) is 0 Å². The SMILES string of the molecule is C=C(NNc1nc(-c2cccnc2)nc2ccccc12)c1ccc(Br)cc1. The van der Waals surface area contributed by atoms with E-state index in [9.17, 15) is 0 Å². The first kappa shape index (κ1) is 17.2. The fourth-order valence-corrected chi connectivity index (χ4v) is 2.92. The van der Waals surface area contributed by atoms with E-state index in [2.05, 4.69) is 48.3 Å². The first-order chi connectivity index (χ1) is 13.2. The highest BCUT2D eigenvalue weighted by atomic mass is 79.9. The van der Waals surface area contributed by atoms with Crippen molar-refractivity contribution in [2.75, 3.05) is 5.43 Å². The zero-order chi connectivity index (χ0) is 18.6. The maximum Gasteiger partial charge on any atom is 0.163 e. The molecule has 5 nitrogen and oxygen atoms in total. The van der Waals surface area contributed by atoms with Gasteiger partial charge in [-0.05, 0) is 42.0 Å². The van der Waals surface area contributed by atoms with E-state index in [0.29, 0.717) is 11.6 Å². The average Bonchev–Trinajstić information content (AvgIpc) is 2.72. The van der Waals surface area contributed by atoms with Crippen molar-refractivity contribution in [3.63, 3.8) is 0 Å². The summed E-state index contributed by atoms with van der Waals surface area (Å²) in [5.74, 6) is 1.29. The van der Waals surface area contributed by atoms with Crippen molar-refractivity contribution in [2.45, 2.75) is 0 Å². The van der Waals surface area contributed by atoms with Crippen molar-refractivity contribution in [1.82, 2.24) is 20.4 Å². The highest BCUT2D eigenvalue weighted by molar-refractivity contribution is 9.10. The Kier molecular flexibility index (Phi) is 4.80. The highest BCUT2D eigenvalue weighted by Gasteiger charge is 2.09. The van der Waals surface area contributed by atoms with Crippen LogP contribution < -0.4 is 10.9 Å². The molecule has 0 unspecified atom stereocenters. The summed E-state index contributed by atoms with van der Waals surface area (Å²) in [5, 5.41) is 0.918. The third kappa shape index (κ3) is 3.80. The van der Waals surface area contributed by atoms with Gasteiger partial charge in [0.05, 0.1) is 11.2 Å². The Morgan fingerprint density at radius 2 is 1.74 bits per heavy atom. The van der Waals surface area contributed by atoms with Crippen LogP contribution in [0, 0.1) is 0 Å². The molecule has 0 bridgehead atoms. The molecule has 0 spiro atoms. The van der Waals surface area contributed by atoms with Gasteiger partial charge >= 0.3 is 0 Å². The van der Waals surface area contributed by atoms with Gasteiger partial charge in [0.1, 0.15) is 0 Å². The van der Waals surface area contributed by atoms with Crippen LogP contribution in [0.1, 0.15) is 5.56 Å². The Labute approximate surface area is 165 Å². The normalized spacial score (nSPS) is 10.6. The molecule has 0 atom stereocenters. The zero-order valence-electron chi connectivity index (χ0n) is 14.4. The molecule has 2 N–H and O–H groups in total. The van der Waals surface area contributed by atoms with Gasteiger partial charge in [-0.25, -0.2) is 9.97 Å². The Morgan fingerprint density at radius 1 is 0.926 bits per heavy atom. The van der Waals surface area contributed by atoms with Crippen LogP contribution in [0.25, 0.3) is 28.0 Å². The van der Waals surface area contributed by atoms with Crippen LogP contribution in [-0.4, -0.2) is 15.0 Å². The molecule has 6 heteroatoms. The van der Waals surface area contributed by atoms with Gasteiger partial charge in [0.25, 0.3) is 0 Å². The van der Waals surface area contributed by atoms with Gasteiger partial charge in [0.15, 0.2) is 11.6 Å². The number of hydrogen-bond donors (Lipinski definition) is 2. The molecule has 2 heterocycles. The number of fused-ring (bicyclic) bond motifs is 1. The quantitative estimate of drug-likeness (QED) is 0.445. The van der Waals surface area contributed by atoms with Gasteiger partial charge in [0, 0.05) is 27.8 Å². The summed E-state index contributed by atoms with van der Waals surface area (Å²) >= 11 is 3.44. The van der Waals surface area contributed by atoms with Crippen molar-refractivity contribution < 1.29 is 0 Å². The van der Waals surface area contributed by atoms with E-state index in [0.717, 1.165) is 32.2 Å². The van der Waals surface area contributed by atoms with Gasteiger partial charge in [-0.15, -0.1) is 0 Å². The number of aromatic nitrogens is 3. The number of para-hydroxylation sites is 1. The predicted molar refractivity (Wildman–Crippen MR) is 113 cm³/mol. The van der Waals surface area contributed by atoms with Crippen LogP contribution in [0.15, 0.2) is 84.1 Å². The summed E-state index contributed by atoms with van der Waals surface area (Å²) in [7, 11) is 0. The summed E-state index contributed by atoms with van der Waals surface area (Å²) in [4.78, 5) is 13.5. The lowest BCUT2D eigenvalue weighted by atomic mass is 10.2. The number of hydrogen-bond acceptors (Lipinski definition) is 5. The Morgan fingerprint density at radius 3 is 2.52 bits per heavy atom. The van der Waals surface area contributed by atoms with Gasteiger partial charge in [0.2, 0.25) is 0 Å². The molecule has 2 aromatic carbocycles. The van der Waals surface area contributed by atoms with Crippen LogP contribution in [0.2, 0.25) is 0 Å². The molecule has 0 amide bonds. The molecule has 0 aliphatic rings. The first-order valence-corrected chi connectivity index (χ1v) is 9.14. The Balaban J connectivity index is 1.66. The zero-order valence-corrected chi connectivity index (χ0v) is 15.9. The number of nitrogens with zero attached hydrogens (tertiary/aromatic N) is 3. The lowest BCUT2D eigenvalue weighted by Crippen LogP contribution is -2.20. The summed E-state index contributed by atoms with van der Waals surface area (Å²) in [5.41, 5.74) is 9.76. The molecule has 2 aromatic heterocycles. The van der Waals surface area contributed by atoms with E-state index in [1.165, 1.54) is 0 Å². The van der Waals surface area contributed by atoms with Crippen molar-refractivity contribution in [3.8, 4) is 11.4 Å². The van der Waals surface area contributed by atoms with Gasteiger partial charge < -0.3 is 0 Å². The smallest absolute Gasteiger partial charge is 0.163 e. The van der Waals surface area contributed by atoms with E-state index in [1.54, 1.807) is 12.4 Å². The number of benzene rings is 2. The standard InChI is InChI=1S/C21H16BrN5/c1-14(15-8-10-17(22)11-9-15)26-27-21-18-6-2-3-7-19(18)24-20(25-21)16-5-4-12-23-13-16/h2-13,26H,1H2,(H,24,25,27). The number of pyridine rings is 1. The number of nitrogens with one attached hydrogen (secondary N) is 2. The molecule has 0 saturated heterocycles. The van der Waals surface area contributed by atoms with Crippen molar-refractivity contribution >= 4 is 38.3 Å². The molecule has 0 saturated carbocycles. The fraction of sp³-hybridized carbons (Fsp3) is 0. The molecular weight excluding hydrogens is 402 g/mol. The highest BCUT2D eigenvalue weighted by Crippen LogP contribution is 2.24. The number of halogens is 1. The van der Waals surface area contributed by atoms with Crippen molar-refractivity contribution in [1.29, 1.82) is 0 Å². The molecule has 0 fully saturated rings. The molecule has 0 radical (unpaired) electrons. The van der Waals surface area contributed by atoms with Crippen LogP contribution in [0.3, 0.4) is 0 Å². The van der Waals surface area contributed by atoms with Crippen LogP contribution in [-0.2, 0) is 0 Å². The second-order valence-corrected chi connectivity index (χ2v) is 6.81. The monoisotopic (exact) mass is 417 g/mol. The molecule has 4 aromatic rings. The second-order valence-electron chi connectivity index (χ2n) is 5.89. The Hall–Kier alpha value is -3.25. The van der Waals surface area contributed by atoms with Crippen LogP contribution in [0.4, 0.5) is 5.82 Å². The van der Waals surface area contributed by atoms with Gasteiger partial charge in [-0.1, -0.05) is 46.8 Å². The van der Waals surface area contributed by atoms with Crippen molar-refractivity contribution in [3.05, 3.63) is 89.7 Å². The lowest BCUT2D eigenvalue weighted by Gasteiger charge is -2.14.